The summed E-state index contributed by atoms with van der Waals surface area (Å²) in [4.78, 5) is 50.3. The Bertz CT molecular complexity index is 2680. The van der Waals surface area contributed by atoms with Crippen molar-refractivity contribution in [2.75, 3.05) is 13.2 Å². The van der Waals surface area contributed by atoms with Crippen molar-refractivity contribution in [3.8, 4) is 5.75 Å². The Morgan fingerprint density at radius 3 is 1.32 bits per heavy atom. The lowest BCUT2D eigenvalue weighted by molar-refractivity contribution is -0.366. The number of amides is 2. The molecule has 20 atom stereocenters. The molecular formula is C35H50N2O35S4. The molecule has 41 heteroatoms. The Morgan fingerprint density at radius 2 is 0.895 bits per heavy atom. The quantitative estimate of drug-likeness (QED) is 0.0480. The Morgan fingerprint density at radius 1 is 0.500 bits per heavy atom. The minimum absolute atomic E-state index is 0.140. The van der Waals surface area contributed by atoms with E-state index < -0.39 is 201 Å². The number of nitrogens with one attached hydrogen (secondary N) is 2. The second-order valence-electron chi connectivity index (χ2n) is 16.7. The van der Waals surface area contributed by atoms with E-state index >= 15 is 0 Å². The van der Waals surface area contributed by atoms with E-state index in [-0.39, 0.29) is 5.75 Å². The summed E-state index contributed by atoms with van der Waals surface area (Å²) in [7, 11) is -22.4. The van der Waals surface area contributed by atoms with Crippen LogP contribution in [0.1, 0.15) is 19.4 Å². The van der Waals surface area contributed by atoms with Crippen LogP contribution in [-0.2, 0) is 111 Å². The molecule has 4 aliphatic heterocycles. The van der Waals surface area contributed by atoms with Gasteiger partial charge >= 0.3 is 53.5 Å². The van der Waals surface area contributed by atoms with Crippen molar-refractivity contribution in [3.63, 3.8) is 0 Å². The fraction of sp³-hybridized carbons (Fsp3) is 0.714. The van der Waals surface area contributed by atoms with Gasteiger partial charge in [-0.2, -0.15) is 33.7 Å². The zero-order valence-corrected chi connectivity index (χ0v) is 41.9. The van der Waals surface area contributed by atoms with Gasteiger partial charge in [0.15, 0.2) is 43.3 Å². The number of ether oxygens (including phenoxy) is 8. The van der Waals surface area contributed by atoms with Gasteiger partial charge in [-0.3, -0.25) is 27.8 Å². The van der Waals surface area contributed by atoms with Gasteiger partial charge in [0.2, 0.25) is 18.1 Å². The predicted octanol–water partition coefficient (Wildman–Crippen LogP) is -7.57. The molecule has 37 nitrogen and oxygen atoms in total. The molecule has 0 spiro atoms. The number of aliphatic hydroxyl groups is 5. The third kappa shape index (κ3) is 17.0. The molecular weight excluding hydrogens is 1140 g/mol. The number of aliphatic hydroxyl groups excluding tert-OH is 5. The lowest BCUT2D eigenvalue weighted by Crippen LogP contribution is -2.71. The smallest absolute Gasteiger partial charge is 0.397 e. The first kappa shape index (κ1) is 62.7. The molecule has 13 N–H and O–H groups in total. The van der Waals surface area contributed by atoms with E-state index in [0.29, 0.717) is 5.56 Å². The third-order valence-corrected chi connectivity index (χ3v) is 12.8. The molecule has 0 aromatic heterocycles. The first-order valence-corrected chi connectivity index (χ1v) is 26.7. The average Bonchev–Trinajstić information content (AvgIpc) is 3.27. The molecule has 1 aromatic rings. The molecule has 5 rings (SSSR count). The second-order valence-corrected chi connectivity index (χ2v) is 20.9. The molecule has 1 aromatic carbocycles. The number of carbonyl (C=O) groups excluding carboxylic acids is 2. The fourth-order valence-electron chi connectivity index (χ4n) is 7.87. The zero-order chi connectivity index (χ0) is 57.2. The van der Waals surface area contributed by atoms with Crippen LogP contribution in [0.5, 0.6) is 5.75 Å². The van der Waals surface area contributed by atoms with Crippen molar-refractivity contribution in [1.82, 2.24) is 10.6 Å². The van der Waals surface area contributed by atoms with Crippen LogP contribution < -0.4 is 15.4 Å². The summed E-state index contributed by atoms with van der Waals surface area (Å²) >= 11 is 0. The molecule has 434 valence electrons. The van der Waals surface area contributed by atoms with E-state index in [1.165, 1.54) is 24.3 Å². The van der Waals surface area contributed by atoms with E-state index in [1.54, 1.807) is 6.92 Å². The van der Waals surface area contributed by atoms with Crippen LogP contribution in [0, 0.1) is 6.92 Å². The summed E-state index contributed by atoms with van der Waals surface area (Å²) in [6.07, 6.45) is -45.2. The van der Waals surface area contributed by atoms with Gasteiger partial charge in [0.05, 0.1) is 13.2 Å². The van der Waals surface area contributed by atoms with E-state index in [0.717, 1.165) is 13.8 Å². The molecule has 0 radical (unpaired) electrons. The number of aryl methyl sites for hydroxylation is 1. The zero-order valence-electron chi connectivity index (χ0n) is 38.6. The van der Waals surface area contributed by atoms with Crippen LogP contribution in [0.25, 0.3) is 0 Å². The number of hydrogen-bond acceptors (Lipinski definition) is 29. The molecule has 4 saturated heterocycles. The Hall–Kier alpha value is -4.10. The van der Waals surface area contributed by atoms with Crippen LogP contribution in [-0.4, -0.2) is 247 Å². The molecule has 8 unspecified atom stereocenters. The molecule has 0 saturated carbocycles. The highest BCUT2D eigenvalue weighted by Gasteiger charge is 2.59. The van der Waals surface area contributed by atoms with Gasteiger partial charge < -0.3 is 84.3 Å². The maximum Gasteiger partial charge on any atom is 0.397 e. The highest BCUT2D eigenvalue weighted by atomic mass is 32.3. The van der Waals surface area contributed by atoms with Crippen LogP contribution in [0.3, 0.4) is 0 Å². The number of carboxylic acids is 2. The number of hydrogen-bond donors (Lipinski definition) is 13. The molecule has 2 amide bonds. The molecule has 0 bridgehead atoms. The number of carbonyl (C=O) groups is 4. The monoisotopic (exact) mass is 1190 g/mol. The van der Waals surface area contributed by atoms with E-state index in [2.05, 4.69) is 27.4 Å². The standard InChI is InChI=1S/C35H50N2O35S4/c1-10-4-6-13(7-5-10)63-34-26(71-75(55,56)57)21(43)24(28(69-34)30(45)46)68-33-17(37-12(3)39)20(42)23(15(65-33)9-62-74(52,53)54)66-35-27(72-76(58,59)60)22(44)25(29(70-35)31(47)48)67-32-16(36-11(2)38)19(41)18(40)14(64-32)8-61-73(49,50)51/h4-7,14-29,32-35,40-44H,8-9H2,1-3H3,(H,36,38)(H,37,39)(H,45,46)(H,47,48)(H,49,50,51)(H,52,53,54)(H,55,56,57)(H,58,59,60)/t14?,15?,16?,17?,18-,19-,20-,21+,22+,23-,24+,25+,26?,27?,28?,29?,32+,33+,34-,35-/m1/s1. The second kappa shape index (κ2) is 24.9. The number of aliphatic carboxylic acids is 2. The summed E-state index contributed by atoms with van der Waals surface area (Å²) in [5.74, 6) is -6.50. The van der Waals surface area contributed by atoms with Crippen molar-refractivity contribution in [3.05, 3.63) is 29.8 Å². The van der Waals surface area contributed by atoms with Gasteiger partial charge in [-0.1, -0.05) is 17.7 Å². The number of rotatable bonds is 22. The summed E-state index contributed by atoms with van der Waals surface area (Å²) in [6, 6.07) is 1.28. The lowest BCUT2D eigenvalue weighted by Gasteiger charge is -2.50. The van der Waals surface area contributed by atoms with Crippen molar-refractivity contribution in [2.45, 2.75) is 143 Å². The van der Waals surface area contributed by atoms with E-state index in [4.69, 9.17) is 42.4 Å². The van der Waals surface area contributed by atoms with Crippen molar-refractivity contribution < 1.29 is 161 Å². The Balaban J connectivity index is 1.53. The van der Waals surface area contributed by atoms with Crippen molar-refractivity contribution >= 4 is 65.3 Å². The Labute approximate surface area is 428 Å². The van der Waals surface area contributed by atoms with Crippen LogP contribution in [0.2, 0.25) is 0 Å². The third-order valence-electron chi connectivity index (χ3n) is 11.0. The minimum Gasteiger partial charge on any atom is -0.479 e. The van der Waals surface area contributed by atoms with Crippen LogP contribution in [0.15, 0.2) is 24.3 Å². The molecule has 76 heavy (non-hydrogen) atoms. The van der Waals surface area contributed by atoms with Gasteiger partial charge in [-0.05, 0) is 19.1 Å². The largest absolute Gasteiger partial charge is 0.479 e. The average molecular weight is 1190 g/mol. The molecule has 0 aliphatic carbocycles. The van der Waals surface area contributed by atoms with E-state index in [1.807, 2.05) is 0 Å². The fourth-order valence-corrected chi connectivity index (χ4v) is 9.45. The lowest BCUT2D eigenvalue weighted by atomic mass is 9.94. The summed E-state index contributed by atoms with van der Waals surface area (Å²) < 4.78 is 195. The SMILES string of the molecule is CC(=O)NC1[C@H](O[C@@H]2C(C(=O)O)O[C@@H](O[C@@H]3C(COS(=O)(=O)O)O[C@@H](O[C@@H]4C(C(=O)O)O[C@@H](Oc5ccc(C)cc5)C(OS(=O)(=O)O)[C@H]4O)C(NC(C)=O)[C@H]3O)C(OS(=O)(=O)O)[C@H]2O)OC(COS(=O)(=O)O)[C@@H](O)[C@@H]1O. The summed E-state index contributed by atoms with van der Waals surface area (Å²) in [6.45, 7) is 0.375. The predicted molar refractivity (Wildman–Crippen MR) is 229 cm³/mol. The molecule has 4 heterocycles. The molecule has 4 fully saturated rings. The number of carboxylic acid groups (broad SMARTS) is 2. The first-order chi connectivity index (χ1) is 34.9. The van der Waals surface area contributed by atoms with Gasteiger partial charge in [0, 0.05) is 13.8 Å². The van der Waals surface area contributed by atoms with Crippen LogP contribution in [0.4, 0.5) is 0 Å². The first-order valence-electron chi connectivity index (χ1n) is 21.2. The summed E-state index contributed by atoms with van der Waals surface area (Å²) in [5.41, 5.74) is 0.675. The van der Waals surface area contributed by atoms with Crippen molar-refractivity contribution in [1.29, 1.82) is 0 Å². The summed E-state index contributed by atoms with van der Waals surface area (Å²) in [5, 5.41) is 81.2. The minimum atomic E-state index is -5.91. The normalized spacial score (nSPS) is 36.6. The number of benzene rings is 1. The maximum atomic E-state index is 12.8. The van der Waals surface area contributed by atoms with Gasteiger partial charge in [0.1, 0.15) is 78.9 Å². The maximum absolute atomic E-state index is 12.8. The van der Waals surface area contributed by atoms with Crippen molar-refractivity contribution in [2.24, 2.45) is 0 Å². The molecule has 4 aliphatic rings. The topological polar surface area (TPSA) is 562 Å². The van der Waals surface area contributed by atoms with Gasteiger partial charge in [-0.15, -0.1) is 0 Å². The highest BCUT2D eigenvalue weighted by molar-refractivity contribution is 7.81. The Kier molecular flexibility index (Phi) is 20.6. The highest BCUT2D eigenvalue weighted by Crippen LogP contribution is 2.37. The van der Waals surface area contributed by atoms with E-state index in [9.17, 15) is 102 Å². The van der Waals surface area contributed by atoms with Crippen LogP contribution >= 0.6 is 0 Å². The van der Waals surface area contributed by atoms with Gasteiger partial charge in [0.25, 0.3) is 0 Å². The van der Waals surface area contributed by atoms with Gasteiger partial charge in [-0.25, -0.2) is 26.3 Å².